The van der Waals surface area contributed by atoms with E-state index in [1.807, 2.05) is 0 Å². The number of nitrogens with one attached hydrogen (secondary N) is 1. The van der Waals surface area contributed by atoms with E-state index in [0.29, 0.717) is 26.0 Å². The fourth-order valence-electron chi connectivity index (χ4n) is 4.70. The van der Waals surface area contributed by atoms with Crippen molar-refractivity contribution in [3.05, 3.63) is 39.9 Å². The van der Waals surface area contributed by atoms with Gasteiger partial charge in [-0.05, 0) is 44.6 Å². The molecule has 30 heavy (non-hydrogen) atoms. The molecule has 0 bridgehead atoms. The standard InChI is InChI=1S/C21H27N3O6/c25-19(22-13-17-8-5-11-29-17)18-14-30-21(9-2-1-3-10-21)23(18)20(26)15-6-4-7-16(12-15)24(27)28/h4,6-7,12,17-18H,1-3,5,8-11,13-14H2,(H,22,25)/t17-,18-/m1/s1. The molecule has 0 unspecified atom stereocenters. The third-order valence-corrected chi connectivity index (χ3v) is 6.25. The average Bonchev–Trinajstić information content (AvgIpc) is 3.40. The maximum absolute atomic E-state index is 13.5. The molecule has 9 nitrogen and oxygen atoms in total. The minimum atomic E-state index is -0.828. The Hall–Kier alpha value is -2.52. The molecular formula is C21H27N3O6. The zero-order valence-electron chi connectivity index (χ0n) is 16.9. The van der Waals surface area contributed by atoms with E-state index in [4.69, 9.17) is 9.47 Å². The molecule has 2 aliphatic heterocycles. The molecule has 3 aliphatic rings. The van der Waals surface area contributed by atoms with E-state index < -0.39 is 22.6 Å². The van der Waals surface area contributed by atoms with Crippen molar-refractivity contribution in [3.63, 3.8) is 0 Å². The van der Waals surface area contributed by atoms with Gasteiger partial charge in [-0.15, -0.1) is 0 Å². The van der Waals surface area contributed by atoms with Gasteiger partial charge >= 0.3 is 0 Å². The van der Waals surface area contributed by atoms with Crippen molar-refractivity contribution < 1.29 is 24.0 Å². The van der Waals surface area contributed by atoms with Crippen molar-refractivity contribution >= 4 is 17.5 Å². The second-order valence-corrected chi connectivity index (χ2v) is 8.20. The highest BCUT2D eigenvalue weighted by molar-refractivity contribution is 5.99. The number of non-ortho nitro benzene ring substituents is 1. The van der Waals surface area contributed by atoms with E-state index >= 15 is 0 Å². The monoisotopic (exact) mass is 417 g/mol. The van der Waals surface area contributed by atoms with Crippen LogP contribution in [0.2, 0.25) is 0 Å². The molecule has 1 aliphatic carbocycles. The van der Waals surface area contributed by atoms with Crippen molar-refractivity contribution in [3.8, 4) is 0 Å². The SMILES string of the molecule is O=C(NC[C@H]1CCCO1)[C@H]1COC2(CCCCC2)N1C(=O)c1cccc([N+](=O)[O-])c1. The van der Waals surface area contributed by atoms with Gasteiger partial charge in [0.2, 0.25) is 5.91 Å². The molecule has 1 saturated carbocycles. The van der Waals surface area contributed by atoms with Crippen LogP contribution in [0.1, 0.15) is 55.3 Å². The molecule has 2 atom stereocenters. The molecule has 1 aromatic carbocycles. The first-order valence-corrected chi connectivity index (χ1v) is 10.6. The van der Waals surface area contributed by atoms with Gasteiger partial charge in [0.15, 0.2) is 0 Å². The molecule has 162 valence electrons. The number of benzene rings is 1. The summed E-state index contributed by atoms with van der Waals surface area (Å²) in [5, 5.41) is 14.1. The van der Waals surface area contributed by atoms with Crippen LogP contribution in [0.15, 0.2) is 24.3 Å². The van der Waals surface area contributed by atoms with Gasteiger partial charge in [0.05, 0.1) is 17.6 Å². The predicted octanol–water partition coefficient (Wildman–Crippen LogP) is 2.39. The summed E-state index contributed by atoms with van der Waals surface area (Å²) in [6, 6.07) is 4.88. The van der Waals surface area contributed by atoms with E-state index in [0.717, 1.165) is 32.1 Å². The van der Waals surface area contributed by atoms with Crippen LogP contribution in [-0.4, -0.2) is 59.3 Å². The Bertz CT molecular complexity index is 817. The maximum Gasteiger partial charge on any atom is 0.270 e. The first-order valence-electron chi connectivity index (χ1n) is 10.6. The molecule has 2 saturated heterocycles. The Kier molecular flexibility index (Phi) is 6.01. The zero-order valence-corrected chi connectivity index (χ0v) is 16.9. The Balaban J connectivity index is 1.58. The van der Waals surface area contributed by atoms with Crippen LogP contribution in [0.4, 0.5) is 5.69 Å². The molecular weight excluding hydrogens is 390 g/mol. The van der Waals surface area contributed by atoms with Crippen LogP contribution in [0, 0.1) is 10.1 Å². The van der Waals surface area contributed by atoms with E-state index in [1.54, 1.807) is 6.07 Å². The second-order valence-electron chi connectivity index (χ2n) is 8.20. The van der Waals surface area contributed by atoms with E-state index in [-0.39, 0.29) is 29.9 Å². The van der Waals surface area contributed by atoms with Crippen LogP contribution in [0.25, 0.3) is 0 Å². The Morgan fingerprint density at radius 2 is 2.03 bits per heavy atom. The molecule has 4 rings (SSSR count). The number of hydrogen-bond acceptors (Lipinski definition) is 6. The average molecular weight is 417 g/mol. The maximum atomic E-state index is 13.5. The normalized spacial score (nSPS) is 25.4. The third-order valence-electron chi connectivity index (χ3n) is 6.25. The fraction of sp³-hybridized carbons (Fsp3) is 0.619. The van der Waals surface area contributed by atoms with Crippen LogP contribution in [-0.2, 0) is 14.3 Å². The van der Waals surface area contributed by atoms with Gasteiger partial charge in [-0.25, -0.2) is 0 Å². The minimum Gasteiger partial charge on any atom is -0.376 e. The summed E-state index contributed by atoms with van der Waals surface area (Å²) in [6.07, 6.45) is 6.06. The van der Waals surface area contributed by atoms with Gasteiger partial charge in [-0.1, -0.05) is 12.5 Å². The highest BCUT2D eigenvalue weighted by Crippen LogP contribution is 2.41. The number of nitrogens with zero attached hydrogens (tertiary/aromatic N) is 2. The van der Waals surface area contributed by atoms with Gasteiger partial charge < -0.3 is 14.8 Å². The zero-order chi connectivity index (χ0) is 21.1. The fourth-order valence-corrected chi connectivity index (χ4v) is 4.70. The molecule has 1 N–H and O–H groups in total. The van der Waals surface area contributed by atoms with Gasteiger partial charge in [0.1, 0.15) is 11.8 Å². The Labute approximate surface area is 174 Å². The summed E-state index contributed by atoms with van der Waals surface area (Å²) in [5.74, 6) is -0.679. The van der Waals surface area contributed by atoms with Gasteiger partial charge in [0, 0.05) is 30.8 Å². The van der Waals surface area contributed by atoms with Crippen molar-refractivity contribution in [2.45, 2.75) is 62.8 Å². The minimum absolute atomic E-state index is 0.000775. The van der Waals surface area contributed by atoms with Gasteiger partial charge in [-0.2, -0.15) is 0 Å². The summed E-state index contributed by atoms with van der Waals surface area (Å²) in [7, 11) is 0. The quantitative estimate of drug-likeness (QED) is 0.582. The summed E-state index contributed by atoms with van der Waals surface area (Å²) >= 11 is 0. The molecule has 2 amide bonds. The van der Waals surface area contributed by atoms with Crippen molar-refractivity contribution in [1.82, 2.24) is 10.2 Å². The molecule has 1 spiro atoms. The summed E-state index contributed by atoms with van der Waals surface area (Å²) in [5.41, 5.74) is -0.791. The molecule has 9 heteroatoms. The first-order chi connectivity index (χ1) is 14.5. The first kappa shape index (κ1) is 20.7. The highest BCUT2D eigenvalue weighted by atomic mass is 16.6. The summed E-state index contributed by atoms with van der Waals surface area (Å²) < 4.78 is 11.7. The summed E-state index contributed by atoms with van der Waals surface area (Å²) in [4.78, 5) is 38.7. The van der Waals surface area contributed by atoms with Crippen LogP contribution < -0.4 is 5.32 Å². The van der Waals surface area contributed by atoms with Crippen LogP contribution >= 0.6 is 0 Å². The smallest absolute Gasteiger partial charge is 0.270 e. The number of amides is 2. The largest absolute Gasteiger partial charge is 0.376 e. The number of ether oxygens (including phenoxy) is 2. The van der Waals surface area contributed by atoms with Crippen LogP contribution in [0.5, 0.6) is 0 Å². The predicted molar refractivity (Wildman–Crippen MR) is 107 cm³/mol. The molecule has 1 aromatic rings. The second kappa shape index (κ2) is 8.69. The topological polar surface area (TPSA) is 111 Å². The Morgan fingerprint density at radius 3 is 2.73 bits per heavy atom. The van der Waals surface area contributed by atoms with Crippen molar-refractivity contribution in [2.24, 2.45) is 0 Å². The number of rotatable bonds is 5. The number of carbonyl (C=O) groups excluding carboxylic acids is 2. The van der Waals surface area contributed by atoms with E-state index in [9.17, 15) is 19.7 Å². The molecule has 0 aromatic heterocycles. The van der Waals surface area contributed by atoms with E-state index in [2.05, 4.69) is 5.32 Å². The lowest BCUT2D eigenvalue weighted by Crippen LogP contribution is -2.56. The Morgan fingerprint density at radius 1 is 1.23 bits per heavy atom. The molecule has 2 heterocycles. The van der Waals surface area contributed by atoms with Crippen molar-refractivity contribution in [1.29, 1.82) is 0 Å². The highest BCUT2D eigenvalue weighted by Gasteiger charge is 2.53. The van der Waals surface area contributed by atoms with Crippen molar-refractivity contribution in [2.75, 3.05) is 19.8 Å². The lowest BCUT2D eigenvalue weighted by molar-refractivity contribution is -0.384. The number of carbonyl (C=O) groups is 2. The lowest BCUT2D eigenvalue weighted by Gasteiger charge is -2.41. The number of nitro benzene ring substituents is 1. The van der Waals surface area contributed by atoms with Gasteiger partial charge in [-0.3, -0.25) is 24.6 Å². The summed E-state index contributed by atoms with van der Waals surface area (Å²) in [6.45, 7) is 1.23. The molecule has 0 radical (unpaired) electrons. The number of hydrogen-bond donors (Lipinski definition) is 1. The molecule has 3 fully saturated rings. The lowest BCUT2D eigenvalue weighted by atomic mass is 9.89. The van der Waals surface area contributed by atoms with Gasteiger partial charge in [0.25, 0.3) is 11.6 Å². The number of nitro groups is 1. The van der Waals surface area contributed by atoms with E-state index in [1.165, 1.54) is 23.1 Å². The van der Waals surface area contributed by atoms with Crippen LogP contribution in [0.3, 0.4) is 0 Å². The third kappa shape index (κ3) is 4.04.